The van der Waals surface area contributed by atoms with Crippen LogP contribution in [0.1, 0.15) is 0 Å². The second-order valence-electron chi connectivity index (χ2n) is 15.2. The molecule has 0 spiro atoms. The summed E-state index contributed by atoms with van der Waals surface area (Å²) in [4.78, 5) is 24.2. The first-order chi connectivity index (χ1) is 30.2. The van der Waals surface area contributed by atoms with Gasteiger partial charge in [-0.15, -0.1) is 0 Å². The molecule has 9 nitrogen and oxygen atoms in total. The van der Waals surface area contributed by atoms with Gasteiger partial charge in [0.05, 0.1) is 23.0 Å². The molecule has 0 amide bonds. The molecule has 5 heterocycles. The Morgan fingerprint density at radius 3 is 1.49 bits per heavy atom. The van der Waals surface area contributed by atoms with Crippen LogP contribution < -0.4 is 9.80 Å². The standard InChI is InChI=1S/C52H30N6O3/c1-3-11-33-25-35(19-17-31(33)9-1)57(37-21-23-41-39-13-5-7-15-44(39)59-46(41)27-37)48-30-53-49-43-29-54-52(56-50(43)61-51(49)55-48)58(36-20-18-32-10-2-4-12-34(32)26-36)38-22-24-42-40-14-6-8-16-45(40)60-47(42)28-38/h1-30H. The number of anilines is 6. The largest absolute Gasteiger partial charge is 0.456 e. The van der Waals surface area contributed by atoms with E-state index < -0.39 is 0 Å². The molecule has 0 saturated carbocycles. The van der Waals surface area contributed by atoms with Crippen LogP contribution in [0, 0.1) is 0 Å². The Hall–Kier alpha value is -8.56. The van der Waals surface area contributed by atoms with E-state index >= 15 is 0 Å². The zero-order valence-electron chi connectivity index (χ0n) is 32.2. The summed E-state index contributed by atoms with van der Waals surface area (Å²) in [5.41, 5.74) is 7.99. The summed E-state index contributed by atoms with van der Waals surface area (Å²) in [6.07, 6.45) is 3.54. The average molecular weight is 787 g/mol. The fourth-order valence-corrected chi connectivity index (χ4v) is 8.66. The smallest absolute Gasteiger partial charge is 0.250 e. The van der Waals surface area contributed by atoms with Crippen LogP contribution >= 0.6 is 0 Å². The lowest BCUT2D eigenvalue weighted by Gasteiger charge is -2.24. The van der Waals surface area contributed by atoms with Crippen LogP contribution in [0.2, 0.25) is 0 Å². The van der Waals surface area contributed by atoms with Gasteiger partial charge in [-0.25, -0.2) is 9.97 Å². The first-order valence-corrected chi connectivity index (χ1v) is 20.0. The van der Waals surface area contributed by atoms with Gasteiger partial charge in [-0.2, -0.15) is 9.97 Å². The van der Waals surface area contributed by atoms with E-state index in [-0.39, 0.29) is 0 Å². The highest BCUT2D eigenvalue weighted by Gasteiger charge is 2.23. The Bertz CT molecular complexity index is 3640. The summed E-state index contributed by atoms with van der Waals surface area (Å²) in [5, 5.41) is 9.34. The Labute approximate surface area is 346 Å². The van der Waals surface area contributed by atoms with Crippen molar-refractivity contribution in [3.05, 3.63) is 182 Å². The van der Waals surface area contributed by atoms with Crippen LogP contribution in [0.3, 0.4) is 0 Å². The number of aromatic nitrogens is 4. The Kier molecular flexibility index (Phi) is 7.11. The van der Waals surface area contributed by atoms with Crippen LogP contribution in [0.5, 0.6) is 0 Å². The SMILES string of the molecule is c1ccc2cc(N(c3ccc4c(c3)oc3ccccc34)c3cnc4c(n3)oc3nc(N(c5ccc6ccccc6c5)c5ccc6c(c5)oc5ccccc56)ncc34)ccc2c1. The summed E-state index contributed by atoms with van der Waals surface area (Å²) in [6.45, 7) is 0. The molecule has 0 aliphatic carbocycles. The molecule has 61 heavy (non-hydrogen) atoms. The summed E-state index contributed by atoms with van der Waals surface area (Å²) in [7, 11) is 0. The van der Waals surface area contributed by atoms with E-state index in [0.29, 0.717) is 34.1 Å². The van der Waals surface area contributed by atoms with Gasteiger partial charge in [-0.05, 0) is 82.2 Å². The van der Waals surface area contributed by atoms with Crippen molar-refractivity contribution in [2.75, 3.05) is 9.80 Å². The molecule has 0 unspecified atom stereocenters. The maximum atomic E-state index is 6.52. The van der Waals surface area contributed by atoms with Crippen molar-refractivity contribution in [2.24, 2.45) is 0 Å². The van der Waals surface area contributed by atoms with Gasteiger partial charge in [0.1, 0.15) is 27.8 Å². The first-order valence-electron chi connectivity index (χ1n) is 20.0. The minimum Gasteiger partial charge on any atom is -0.456 e. The van der Waals surface area contributed by atoms with E-state index in [9.17, 15) is 0 Å². The molecule has 0 fully saturated rings. The molecule has 0 saturated heterocycles. The molecule has 8 aromatic carbocycles. The molecule has 0 atom stereocenters. The molecule has 286 valence electrons. The normalized spacial score (nSPS) is 11.9. The first kappa shape index (κ1) is 33.4. The predicted molar refractivity (Wildman–Crippen MR) is 244 cm³/mol. The van der Waals surface area contributed by atoms with Crippen molar-refractivity contribution in [1.29, 1.82) is 0 Å². The van der Waals surface area contributed by atoms with E-state index in [2.05, 4.69) is 108 Å². The third-order valence-electron chi connectivity index (χ3n) is 11.6. The van der Waals surface area contributed by atoms with Crippen LogP contribution in [0.25, 0.3) is 87.8 Å². The maximum absolute atomic E-state index is 6.52. The second-order valence-corrected chi connectivity index (χ2v) is 15.2. The second kappa shape index (κ2) is 13.0. The lowest BCUT2D eigenvalue weighted by Crippen LogP contribution is -2.13. The van der Waals surface area contributed by atoms with E-state index in [1.807, 2.05) is 71.6 Å². The van der Waals surface area contributed by atoms with Gasteiger partial charge >= 0.3 is 0 Å². The number of nitrogens with zero attached hydrogens (tertiary/aromatic N) is 6. The third-order valence-corrected chi connectivity index (χ3v) is 11.6. The Morgan fingerprint density at radius 1 is 0.344 bits per heavy atom. The van der Waals surface area contributed by atoms with Crippen LogP contribution in [-0.4, -0.2) is 19.9 Å². The Balaban J connectivity index is 0.961. The molecule has 0 aliphatic rings. The molecule has 5 aromatic heterocycles. The predicted octanol–water partition coefficient (Wildman–Crippen LogP) is 14.2. The molecule has 0 bridgehead atoms. The van der Waals surface area contributed by atoms with Gasteiger partial charge < -0.3 is 13.3 Å². The molecule has 0 N–H and O–H groups in total. The number of fused-ring (bicyclic) bond motifs is 11. The highest BCUT2D eigenvalue weighted by atomic mass is 16.4. The zero-order valence-corrected chi connectivity index (χ0v) is 32.2. The van der Waals surface area contributed by atoms with Crippen molar-refractivity contribution in [1.82, 2.24) is 19.9 Å². The monoisotopic (exact) mass is 786 g/mol. The van der Waals surface area contributed by atoms with Crippen LogP contribution in [-0.2, 0) is 0 Å². The summed E-state index contributed by atoms with van der Waals surface area (Å²) >= 11 is 0. The number of para-hydroxylation sites is 2. The van der Waals surface area contributed by atoms with E-state index in [1.54, 1.807) is 12.4 Å². The van der Waals surface area contributed by atoms with Gasteiger partial charge in [0.15, 0.2) is 5.82 Å². The van der Waals surface area contributed by atoms with Gasteiger partial charge in [0.25, 0.3) is 0 Å². The highest BCUT2D eigenvalue weighted by molar-refractivity contribution is 6.08. The Morgan fingerprint density at radius 2 is 0.852 bits per heavy atom. The molecule has 13 aromatic rings. The number of rotatable bonds is 6. The lowest BCUT2D eigenvalue weighted by atomic mass is 10.1. The van der Waals surface area contributed by atoms with Crippen LogP contribution in [0.15, 0.2) is 196 Å². The molecule has 9 heteroatoms. The van der Waals surface area contributed by atoms with Crippen molar-refractivity contribution in [3.63, 3.8) is 0 Å². The van der Waals surface area contributed by atoms with E-state index in [0.717, 1.165) is 88.2 Å². The number of hydrogen-bond acceptors (Lipinski definition) is 9. The summed E-state index contributed by atoms with van der Waals surface area (Å²) in [5.74, 6) is 0.997. The third kappa shape index (κ3) is 5.34. The fraction of sp³-hybridized carbons (Fsp3) is 0. The van der Waals surface area contributed by atoms with Crippen molar-refractivity contribution in [3.8, 4) is 0 Å². The molecule has 0 radical (unpaired) electrons. The number of furan rings is 3. The zero-order chi connectivity index (χ0) is 40.0. The van der Waals surface area contributed by atoms with E-state index in [1.165, 1.54) is 0 Å². The average Bonchev–Trinajstić information content (AvgIpc) is 3.99. The minimum atomic E-state index is 0.343. The van der Waals surface area contributed by atoms with E-state index in [4.69, 9.17) is 33.2 Å². The number of benzene rings is 8. The molecule has 13 rings (SSSR count). The van der Waals surface area contributed by atoms with Gasteiger partial charge in [0.2, 0.25) is 17.4 Å². The molecule has 0 aliphatic heterocycles. The number of hydrogen-bond donors (Lipinski definition) is 0. The molecular weight excluding hydrogens is 757 g/mol. The highest BCUT2D eigenvalue weighted by Crippen LogP contribution is 2.42. The fourth-order valence-electron chi connectivity index (χ4n) is 8.66. The van der Waals surface area contributed by atoms with Gasteiger partial charge in [-0.1, -0.05) is 97.1 Å². The quantitative estimate of drug-likeness (QED) is 0.163. The van der Waals surface area contributed by atoms with Gasteiger partial charge in [0, 0.05) is 51.2 Å². The minimum absolute atomic E-state index is 0.343. The van der Waals surface area contributed by atoms with Crippen molar-refractivity contribution >= 4 is 122 Å². The maximum Gasteiger partial charge on any atom is 0.250 e. The van der Waals surface area contributed by atoms with Gasteiger partial charge in [-0.3, -0.25) is 9.80 Å². The van der Waals surface area contributed by atoms with Crippen molar-refractivity contribution in [2.45, 2.75) is 0 Å². The van der Waals surface area contributed by atoms with Crippen LogP contribution in [0.4, 0.5) is 34.5 Å². The molecular formula is C52H30N6O3. The topological polar surface area (TPSA) is 97.5 Å². The summed E-state index contributed by atoms with van der Waals surface area (Å²) < 4.78 is 19.2. The van der Waals surface area contributed by atoms with Crippen molar-refractivity contribution < 1.29 is 13.3 Å². The lowest BCUT2D eigenvalue weighted by molar-refractivity contribution is 0.638. The summed E-state index contributed by atoms with van der Waals surface area (Å²) in [6, 6.07) is 57.9.